The van der Waals surface area contributed by atoms with Crippen LogP contribution in [0.1, 0.15) is 0 Å². The molecule has 2 rings (SSSR count). The van der Waals surface area contributed by atoms with Gasteiger partial charge in [0, 0.05) is 29.8 Å². The molecular weight excluding hydrogens is 344 g/mol. The van der Waals surface area contributed by atoms with Crippen molar-refractivity contribution in [3.8, 4) is 0 Å². The van der Waals surface area contributed by atoms with Gasteiger partial charge >= 0.3 is 0 Å². The van der Waals surface area contributed by atoms with Crippen LogP contribution >= 0.6 is 15.9 Å². The Hall–Kier alpha value is -1.48. The number of rotatable bonds is 3. The Morgan fingerprint density at radius 3 is 2.58 bits per heavy atom. The molecule has 0 radical (unpaired) electrons. The third-order valence-corrected chi connectivity index (χ3v) is 4.50. The molecule has 0 aliphatic heterocycles. The van der Waals surface area contributed by atoms with Gasteiger partial charge in [-0.3, -0.25) is 9.40 Å². The van der Waals surface area contributed by atoms with Gasteiger partial charge in [0.1, 0.15) is 16.5 Å². The maximum absolute atomic E-state index is 13.6. The van der Waals surface area contributed by atoms with E-state index in [9.17, 15) is 17.2 Å². The molecule has 0 atom stereocenters. The van der Waals surface area contributed by atoms with Crippen molar-refractivity contribution in [2.45, 2.75) is 4.90 Å². The standard InChI is InChI=1S/C10H8BrF2N3O2S/c1-16-3-2-9(14-16)15-19(17,18)10-7(11)4-6(12)5-8(10)13/h2-5H,1H3,(H,14,15). The first-order valence-corrected chi connectivity index (χ1v) is 7.24. The summed E-state index contributed by atoms with van der Waals surface area (Å²) >= 11 is 2.83. The highest BCUT2D eigenvalue weighted by Crippen LogP contribution is 2.27. The van der Waals surface area contributed by atoms with E-state index >= 15 is 0 Å². The summed E-state index contributed by atoms with van der Waals surface area (Å²) in [5.74, 6) is -2.02. The molecule has 0 saturated heterocycles. The molecule has 0 saturated carbocycles. The van der Waals surface area contributed by atoms with Crippen molar-refractivity contribution >= 4 is 31.8 Å². The van der Waals surface area contributed by atoms with E-state index in [1.165, 1.54) is 16.9 Å². The predicted octanol–water partition coefficient (Wildman–Crippen LogP) is 2.26. The summed E-state index contributed by atoms with van der Waals surface area (Å²) in [4.78, 5) is -0.667. The van der Waals surface area contributed by atoms with Crippen LogP contribution in [0.15, 0.2) is 33.8 Å². The Morgan fingerprint density at radius 1 is 1.37 bits per heavy atom. The van der Waals surface area contributed by atoms with Gasteiger partial charge in [-0.2, -0.15) is 5.10 Å². The number of halogens is 3. The fourth-order valence-corrected chi connectivity index (χ4v) is 3.61. The molecule has 1 heterocycles. The van der Waals surface area contributed by atoms with Crippen molar-refractivity contribution in [1.29, 1.82) is 0 Å². The Kier molecular flexibility index (Phi) is 3.59. The third-order valence-electron chi connectivity index (χ3n) is 2.18. The Bertz CT molecular complexity index is 707. The molecule has 0 aliphatic rings. The number of hydrogen-bond acceptors (Lipinski definition) is 3. The first-order valence-electron chi connectivity index (χ1n) is 4.96. The summed E-state index contributed by atoms with van der Waals surface area (Å²) in [7, 11) is -2.59. The molecule has 102 valence electrons. The number of aryl methyl sites for hydroxylation is 1. The Balaban J connectivity index is 2.45. The summed E-state index contributed by atoms with van der Waals surface area (Å²) in [6.07, 6.45) is 1.52. The van der Waals surface area contributed by atoms with Crippen molar-refractivity contribution in [2.75, 3.05) is 4.72 Å². The van der Waals surface area contributed by atoms with Crippen molar-refractivity contribution in [2.24, 2.45) is 7.05 Å². The van der Waals surface area contributed by atoms with Crippen LogP contribution in [-0.2, 0) is 17.1 Å². The molecular formula is C10H8BrF2N3O2S. The van der Waals surface area contributed by atoms with Crippen LogP contribution in [-0.4, -0.2) is 18.2 Å². The maximum Gasteiger partial charge on any atom is 0.267 e. The monoisotopic (exact) mass is 351 g/mol. The van der Waals surface area contributed by atoms with E-state index < -0.39 is 26.6 Å². The lowest BCUT2D eigenvalue weighted by atomic mass is 10.3. The predicted molar refractivity (Wildman–Crippen MR) is 68.1 cm³/mol. The summed E-state index contributed by atoms with van der Waals surface area (Å²) in [6.45, 7) is 0. The number of benzene rings is 1. The van der Waals surface area contributed by atoms with E-state index in [1.807, 2.05) is 0 Å². The van der Waals surface area contributed by atoms with Crippen molar-refractivity contribution in [3.63, 3.8) is 0 Å². The number of anilines is 1. The Labute approximate surface area is 116 Å². The fraction of sp³-hybridized carbons (Fsp3) is 0.100. The molecule has 2 aromatic rings. The molecule has 9 heteroatoms. The van der Waals surface area contributed by atoms with Crippen molar-refractivity contribution in [1.82, 2.24) is 9.78 Å². The summed E-state index contributed by atoms with van der Waals surface area (Å²) in [6, 6.07) is 2.78. The molecule has 5 nitrogen and oxygen atoms in total. The number of sulfonamides is 1. The molecule has 1 aromatic heterocycles. The highest BCUT2D eigenvalue weighted by molar-refractivity contribution is 9.10. The van der Waals surface area contributed by atoms with Gasteiger partial charge < -0.3 is 0 Å². The van der Waals surface area contributed by atoms with E-state index in [-0.39, 0.29) is 10.3 Å². The van der Waals surface area contributed by atoms with Gasteiger partial charge in [0.15, 0.2) is 5.82 Å². The second-order valence-corrected chi connectivity index (χ2v) is 6.15. The van der Waals surface area contributed by atoms with Crippen LogP contribution in [0, 0.1) is 11.6 Å². The average molecular weight is 352 g/mol. The number of nitrogens with one attached hydrogen (secondary N) is 1. The van der Waals surface area contributed by atoms with Crippen LogP contribution in [0.4, 0.5) is 14.6 Å². The summed E-state index contributed by atoms with van der Waals surface area (Å²) in [5, 5.41) is 3.81. The molecule has 0 amide bonds. The summed E-state index contributed by atoms with van der Waals surface area (Å²) < 4.78 is 53.8. The topological polar surface area (TPSA) is 64.0 Å². The van der Waals surface area contributed by atoms with E-state index in [1.54, 1.807) is 7.05 Å². The van der Waals surface area contributed by atoms with Crippen LogP contribution < -0.4 is 4.72 Å². The van der Waals surface area contributed by atoms with E-state index in [0.717, 1.165) is 6.07 Å². The maximum atomic E-state index is 13.6. The zero-order valence-electron chi connectivity index (χ0n) is 9.56. The third kappa shape index (κ3) is 2.92. The molecule has 0 spiro atoms. The largest absolute Gasteiger partial charge is 0.274 e. The first kappa shape index (κ1) is 13.9. The van der Waals surface area contributed by atoms with E-state index in [4.69, 9.17) is 0 Å². The van der Waals surface area contributed by atoms with Crippen LogP contribution in [0.25, 0.3) is 0 Å². The van der Waals surface area contributed by atoms with Gasteiger partial charge in [-0.25, -0.2) is 17.2 Å². The van der Waals surface area contributed by atoms with Crippen LogP contribution in [0.5, 0.6) is 0 Å². The van der Waals surface area contributed by atoms with Gasteiger partial charge in [0.25, 0.3) is 10.0 Å². The lowest BCUT2D eigenvalue weighted by molar-refractivity contribution is 0.548. The van der Waals surface area contributed by atoms with E-state index in [2.05, 4.69) is 25.8 Å². The number of hydrogen-bond donors (Lipinski definition) is 1. The quantitative estimate of drug-likeness (QED) is 0.922. The summed E-state index contributed by atoms with van der Waals surface area (Å²) in [5.41, 5.74) is 0. The lowest BCUT2D eigenvalue weighted by Crippen LogP contribution is -2.16. The minimum Gasteiger partial charge on any atom is -0.274 e. The van der Waals surface area contributed by atoms with Gasteiger partial charge in [-0.05, 0) is 22.0 Å². The smallest absolute Gasteiger partial charge is 0.267 e. The molecule has 0 bridgehead atoms. The van der Waals surface area contributed by atoms with Gasteiger partial charge in [-0.1, -0.05) is 0 Å². The van der Waals surface area contributed by atoms with Crippen LogP contribution in [0.2, 0.25) is 0 Å². The second-order valence-electron chi connectivity index (χ2n) is 3.68. The van der Waals surface area contributed by atoms with Gasteiger partial charge in [-0.15, -0.1) is 0 Å². The Morgan fingerprint density at radius 2 is 2.05 bits per heavy atom. The van der Waals surface area contributed by atoms with Gasteiger partial charge in [0.05, 0.1) is 0 Å². The van der Waals surface area contributed by atoms with Crippen molar-refractivity contribution < 1.29 is 17.2 Å². The SMILES string of the molecule is Cn1ccc(NS(=O)(=O)c2c(F)cc(F)cc2Br)n1. The number of nitrogens with zero attached hydrogens (tertiary/aromatic N) is 2. The zero-order valence-corrected chi connectivity index (χ0v) is 12.0. The number of aromatic nitrogens is 2. The van der Waals surface area contributed by atoms with Crippen molar-refractivity contribution in [3.05, 3.63) is 40.5 Å². The molecule has 1 aromatic carbocycles. The zero-order chi connectivity index (χ0) is 14.2. The van der Waals surface area contributed by atoms with Crippen LogP contribution in [0.3, 0.4) is 0 Å². The normalized spacial score (nSPS) is 11.6. The minimum atomic E-state index is -4.19. The lowest BCUT2D eigenvalue weighted by Gasteiger charge is -2.08. The highest BCUT2D eigenvalue weighted by Gasteiger charge is 2.24. The molecule has 0 aliphatic carbocycles. The highest BCUT2D eigenvalue weighted by atomic mass is 79.9. The molecule has 0 unspecified atom stereocenters. The first-order chi connectivity index (χ1) is 8.79. The fourth-order valence-electron chi connectivity index (χ4n) is 1.44. The molecule has 1 N–H and O–H groups in total. The average Bonchev–Trinajstić information content (AvgIpc) is 2.60. The molecule has 0 fully saturated rings. The minimum absolute atomic E-state index is 0.0399. The second kappa shape index (κ2) is 4.89. The van der Waals surface area contributed by atoms with Gasteiger partial charge in [0.2, 0.25) is 0 Å². The molecule has 19 heavy (non-hydrogen) atoms. The van der Waals surface area contributed by atoms with E-state index in [0.29, 0.717) is 6.07 Å².